The maximum Gasteiger partial charge on any atom is 0.264 e. The van der Waals surface area contributed by atoms with Gasteiger partial charge in [0.2, 0.25) is 11.8 Å². The Kier molecular flexibility index (Phi) is 11.9. The highest BCUT2D eigenvalue weighted by molar-refractivity contribution is 7.92. The van der Waals surface area contributed by atoms with Gasteiger partial charge >= 0.3 is 0 Å². The van der Waals surface area contributed by atoms with Gasteiger partial charge in [0.25, 0.3) is 10.0 Å². The van der Waals surface area contributed by atoms with Gasteiger partial charge in [0.05, 0.1) is 10.6 Å². The SMILES string of the molecule is CCCNC(=O)[C@H](Cc1ccccc1)N(Cc1c(Cl)cccc1Cl)C(=O)CN(c1cc(C)ccc1C)S(=O)(=O)c1ccc(C)cc1. The molecular weight excluding hydrogens is 641 g/mol. The third kappa shape index (κ3) is 8.49. The van der Waals surface area contributed by atoms with Gasteiger partial charge in [-0.2, -0.15) is 0 Å². The summed E-state index contributed by atoms with van der Waals surface area (Å²) in [6.45, 7) is 7.22. The topological polar surface area (TPSA) is 86.8 Å². The monoisotopic (exact) mass is 679 g/mol. The lowest BCUT2D eigenvalue weighted by atomic mass is 10.0. The molecule has 0 saturated carbocycles. The van der Waals surface area contributed by atoms with Gasteiger partial charge in [-0.3, -0.25) is 13.9 Å². The average Bonchev–Trinajstić information content (AvgIpc) is 3.03. The molecule has 0 aliphatic rings. The van der Waals surface area contributed by atoms with Crippen LogP contribution in [-0.4, -0.2) is 44.3 Å². The summed E-state index contributed by atoms with van der Waals surface area (Å²) in [5, 5.41) is 3.60. The van der Waals surface area contributed by atoms with Crippen LogP contribution in [0, 0.1) is 20.8 Å². The quantitative estimate of drug-likeness (QED) is 0.161. The Morgan fingerprint density at radius 2 is 1.46 bits per heavy atom. The van der Waals surface area contributed by atoms with Gasteiger partial charge in [0, 0.05) is 35.1 Å². The van der Waals surface area contributed by atoms with E-state index in [2.05, 4.69) is 5.32 Å². The standard InChI is InChI=1S/C36H39Cl2N3O4S/c1-5-20-39-36(43)34(22-28-10-7-6-8-11-28)40(23-30-31(37)12-9-13-32(30)38)35(42)24-41(33-21-26(3)14-17-27(33)4)46(44,45)29-18-15-25(2)16-19-29/h6-19,21,34H,5,20,22-24H2,1-4H3,(H,39,43)/t34-/m0/s1. The molecule has 0 spiro atoms. The molecule has 0 fully saturated rings. The highest BCUT2D eigenvalue weighted by Crippen LogP contribution is 2.31. The van der Waals surface area contributed by atoms with Crippen LogP contribution < -0.4 is 9.62 Å². The third-order valence-electron chi connectivity index (χ3n) is 7.73. The molecule has 242 valence electrons. The second-order valence-electron chi connectivity index (χ2n) is 11.3. The maximum atomic E-state index is 14.6. The number of carbonyl (C=O) groups is 2. The molecule has 1 N–H and O–H groups in total. The number of nitrogens with one attached hydrogen (secondary N) is 1. The lowest BCUT2D eigenvalue weighted by Crippen LogP contribution is -2.53. The van der Waals surface area contributed by atoms with Crippen LogP contribution in [0.3, 0.4) is 0 Å². The fourth-order valence-electron chi connectivity index (χ4n) is 5.11. The normalized spacial score (nSPS) is 12.0. The van der Waals surface area contributed by atoms with E-state index in [9.17, 15) is 18.0 Å². The predicted octanol–water partition coefficient (Wildman–Crippen LogP) is 7.28. The van der Waals surface area contributed by atoms with Crippen LogP contribution in [0.5, 0.6) is 0 Å². The number of halogens is 2. The van der Waals surface area contributed by atoms with E-state index >= 15 is 0 Å². The summed E-state index contributed by atoms with van der Waals surface area (Å²) >= 11 is 13.2. The van der Waals surface area contributed by atoms with Crippen LogP contribution in [0.2, 0.25) is 10.0 Å². The van der Waals surface area contributed by atoms with E-state index in [4.69, 9.17) is 23.2 Å². The van der Waals surface area contributed by atoms with Crippen molar-refractivity contribution in [3.05, 3.63) is 129 Å². The maximum absolute atomic E-state index is 14.6. The fourth-order valence-corrected chi connectivity index (χ4v) is 7.10. The molecule has 4 rings (SSSR count). The molecule has 0 bridgehead atoms. The van der Waals surface area contributed by atoms with Crippen LogP contribution in [0.4, 0.5) is 5.69 Å². The second kappa shape index (κ2) is 15.6. The van der Waals surface area contributed by atoms with Crippen molar-refractivity contribution in [3.8, 4) is 0 Å². The van der Waals surface area contributed by atoms with Crippen molar-refractivity contribution in [2.45, 2.75) is 58.0 Å². The van der Waals surface area contributed by atoms with E-state index in [-0.39, 0.29) is 23.8 Å². The fraction of sp³-hybridized carbons (Fsp3) is 0.278. The number of carbonyl (C=O) groups excluding carboxylic acids is 2. The van der Waals surface area contributed by atoms with Crippen LogP contribution in [0.15, 0.2) is 95.9 Å². The van der Waals surface area contributed by atoms with Crippen molar-refractivity contribution in [1.82, 2.24) is 10.2 Å². The zero-order valence-corrected chi connectivity index (χ0v) is 28.8. The molecule has 2 amide bonds. The largest absolute Gasteiger partial charge is 0.354 e. The highest BCUT2D eigenvalue weighted by atomic mass is 35.5. The Balaban J connectivity index is 1.86. The summed E-state index contributed by atoms with van der Waals surface area (Å²) in [4.78, 5) is 29.9. The van der Waals surface area contributed by atoms with Crippen LogP contribution >= 0.6 is 23.2 Å². The van der Waals surface area contributed by atoms with Crippen molar-refractivity contribution in [3.63, 3.8) is 0 Å². The highest BCUT2D eigenvalue weighted by Gasteiger charge is 2.35. The molecule has 0 heterocycles. The Morgan fingerprint density at radius 3 is 2.09 bits per heavy atom. The summed E-state index contributed by atoms with van der Waals surface area (Å²) in [6.07, 6.45) is 0.891. The summed E-state index contributed by atoms with van der Waals surface area (Å²) < 4.78 is 29.7. The molecular formula is C36H39Cl2N3O4S. The number of benzene rings is 4. The Morgan fingerprint density at radius 1 is 0.826 bits per heavy atom. The number of hydrogen-bond acceptors (Lipinski definition) is 4. The van der Waals surface area contributed by atoms with Crippen LogP contribution in [0.25, 0.3) is 0 Å². The Labute approximate surface area is 282 Å². The number of anilines is 1. The first-order valence-corrected chi connectivity index (χ1v) is 17.3. The van der Waals surface area contributed by atoms with Crippen LogP contribution in [-0.2, 0) is 32.6 Å². The number of aryl methyl sites for hydroxylation is 3. The third-order valence-corrected chi connectivity index (χ3v) is 10.2. The summed E-state index contributed by atoms with van der Waals surface area (Å²) in [5.41, 5.74) is 4.08. The van der Waals surface area contributed by atoms with Gasteiger partial charge in [-0.25, -0.2) is 8.42 Å². The van der Waals surface area contributed by atoms with Crippen molar-refractivity contribution in [2.24, 2.45) is 0 Å². The molecule has 46 heavy (non-hydrogen) atoms. The first-order valence-electron chi connectivity index (χ1n) is 15.1. The molecule has 10 heteroatoms. The van der Waals surface area contributed by atoms with E-state index in [1.165, 1.54) is 17.0 Å². The minimum Gasteiger partial charge on any atom is -0.354 e. The first kappa shape index (κ1) is 35.0. The zero-order chi connectivity index (χ0) is 33.4. The minimum atomic E-state index is -4.21. The molecule has 0 aliphatic heterocycles. The van der Waals surface area contributed by atoms with Crippen molar-refractivity contribution < 1.29 is 18.0 Å². The van der Waals surface area contributed by atoms with Crippen molar-refractivity contribution >= 4 is 50.7 Å². The second-order valence-corrected chi connectivity index (χ2v) is 14.0. The molecule has 7 nitrogen and oxygen atoms in total. The summed E-state index contributed by atoms with van der Waals surface area (Å²) in [7, 11) is -4.21. The zero-order valence-electron chi connectivity index (χ0n) is 26.5. The van der Waals surface area contributed by atoms with Gasteiger partial charge in [0.15, 0.2) is 0 Å². The van der Waals surface area contributed by atoms with Crippen molar-refractivity contribution in [1.29, 1.82) is 0 Å². The smallest absolute Gasteiger partial charge is 0.264 e. The number of sulfonamides is 1. The van der Waals surface area contributed by atoms with Crippen LogP contribution in [0.1, 0.15) is 41.2 Å². The predicted molar refractivity (Wildman–Crippen MR) is 186 cm³/mol. The lowest BCUT2D eigenvalue weighted by Gasteiger charge is -2.34. The van der Waals surface area contributed by atoms with Gasteiger partial charge in [-0.05, 0) is 74.2 Å². The van der Waals surface area contributed by atoms with E-state index < -0.39 is 28.5 Å². The van der Waals surface area contributed by atoms with Gasteiger partial charge in [-0.1, -0.05) is 96.4 Å². The molecule has 1 atom stereocenters. The Bertz CT molecular complexity index is 1760. The van der Waals surface area contributed by atoms with Gasteiger partial charge in [0.1, 0.15) is 12.6 Å². The molecule has 4 aromatic rings. The molecule has 0 unspecified atom stereocenters. The minimum absolute atomic E-state index is 0.0500. The molecule has 4 aromatic carbocycles. The number of nitrogens with zero attached hydrogens (tertiary/aromatic N) is 2. The summed E-state index contributed by atoms with van der Waals surface area (Å²) in [6, 6.07) is 25.4. The number of hydrogen-bond donors (Lipinski definition) is 1. The first-order chi connectivity index (χ1) is 21.9. The summed E-state index contributed by atoms with van der Waals surface area (Å²) in [5.74, 6) is -0.943. The number of amides is 2. The molecule has 0 saturated heterocycles. The van der Waals surface area contributed by atoms with Crippen molar-refractivity contribution in [2.75, 3.05) is 17.4 Å². The van der Waals surface area contributed by atoms with E-state index in [1.54, 1.807) is 43.3 Å². The van der Waals surface area contributed by atoms with E-state index in [0.717, 1.165) is 21.0 Å². The molecule has 0 aromatic heterocycles. The molecule has 0 radical (unpaired) electrons. The van der Waals surface area contributed by atoms with E-state index in [1.807, 2.05) is 63.2 Å². The van der Waals surface area contributed by atoms with E-state index in [0.29, 0.717) is 39.8 Å². The van der Waals surface area contributed by atoms with Gasteiger partial charge in [-0.15, -0.1) is 0 Å². The number of rotatable bonds is 13. The molecule has 0 aliphatic carbocycles. The Hall–Kier alpha value is -3.85. The lowest BCUT2D eigenvalue weighted by molar-refractivity contribution is -0.140. The van der Waals surface area contributed by atoms with Gasteiger partial charge < -0.3 is 10.2 Å². The average molecular weight is 681 g/mol.